The van der Waals surface area contributed by atoms with Gasteiger partial charge in [0.2, 0.25) is 0 Å². The second-order valence-corrected chi connectivity index (χ2v) is 7.91. The topological polar surface area (TPSA) is 54.9 Å². The molecule has 0 aliphatic heterocycles. The first-order chi connectivity index (χ1) is 10.9. The molecule has 23 heavy (non-hydrogen) atoms. The summed E-state index contributed by atoms with van der Waals surface area (Å²) in [7, 11) is 5.03. The average Bonchev–Trinajstić information content (AvgIpc) is 2.55. The number of guanidine groups is 1. The summed E-state index contributed by atoms with van der Waals surface area (Å²) in [5.74, 6) is 2.18. The molecule has 0 radical (unpaired) electrons. The van der Waals surface area contributed by atoms with Crippen LogP contribution < -0.4 is 20.1 Å². The monoisotopic (exact) mass is 403 g/mol. The van der Waals surface area contributed by atoms with Crippen LogP contribution in [0.15, 0.2) is 21.6 Å². The highest BCUT2D eigenvalue weighted by Gasteiger charge is 2.16. The minimum Gasteiger partial charge on any atom is -0.493 e. The van der Waals surface area contributed by atoms with Crippen molar-refractivity contribution in [3.63, 3.8) is 0 Å². The molecule has 0 bridgehead atoms. The number of nitrogens with zero attached hydrogens (tertiary/aromatic N) is 1. The zero-order valence-corrected chi connectivity index (χ0v) is 17.0. The minimum atomic E-state index is 0.154. The molecule has 2 N–H and O–H groups in total. The largest absolute Gasteiger partial charge is 0.493 e. The van der Waals surface area contributed by atoms with Crippen LogP contribution in [0.4, 0.5) is 0 Å². The lowest BCUT2D eigenvalue weighted by atomic mass is 10.2. The van der Waals surface area contributed by atoms with Gasteiger partial charge in [-0.2, -0.15) is 11.8 Å². The van der Waals surface area contributed by atoms with Crippen molar-refractivity contribution < 1.29 is 9.47 Å². The van der Waals surface area contributed by atoms with Crippen LogP contribution in [0.3, 0.4) is 0 Å². The third kappa shape index (κ3) is 6.14. The Kier molecular flexibility index (Phi) is 8.05. The predicted molar refractivity (Wildman–Crippen MR) is 103 cm³/mol. The molecule has 0 amide bonds. The lowest BCUT2D eigenvalue weighted by Gasteiger charge is -2.24. The number of halogens is 1. The number of rotatable bonds is 7. The van der Waals surface area contributed by atoms with Crippen molar-refractivity contribution in [2.75, 3.05) is 34.1 Å². The molecule has 1 aromatic carbocycles. The molecule has 0 aliphatic rings. The number of hydrogen-bond donors (Lipinski definition) is 2. The lowest BCUT2D eigenvalue weighted by molar-refractivity contribution is 0.354. The molecule has 0 spiro atoms. The number of nitrogens with one attached hydrogen (secondary N) is 2. The van der Waals surface area contributed by atoms with Crippen molar-refractivity contribution in [1.29, 1.82) is 0 Å². The molecule has 0 unspecified atom stereocenters. The maximum atomic E-state index is 5.35. The van der Waals surface area contributed by atoms with E-state index in [1.165, 1.54) is 0 Å². The van der Waals surface area contributed by atoms with Gasteiger partial charge >= 0.3 is 0 Å². The van der Waals surface area contributed by atoms with Crippen LogP contribution in [-0.4, -0.2) is 44.8 Å². The Morgan fingerprint density at radius 1 is 1.22 bits per heavy atom. The Bertz CT molecular complexity index is 550. The highest BCUT2D eigenvalue weighted by Crippen LogP contribution is 2.33. The molecular weight excluding hydrogens is 378 g/mol. The van der Waals surface area contributed by atoms with Crippen molar-refractivity contribution in [1.82, 2.24) is 10.6 Å². The maximum absolute atomic E-state index is 5.35. The minimum absolute atomic E-state index is 0.154. The van der Waals surface area contributed by atoms with Crippen LogP contribution >= 0.6 is 27.7 Å². The average molecular weight is 404 g/mol. The van der Waals surface area contributed by atoms with E-state index in [4.69, 9.17) is 9.47 Å². The summed E-state index contributed by atoms with van der Waals surface area (Å²) in [6, 6.07) is 3.86. The molecule has 0 atom stereocenters. The van der Waals surface area contributed by atoms with Gasteiger partial charge in [0.05, 0.1) is 14.2 Å². The van der Waals surface area contributed by atoms with Gasteiger partial charge in [-0.3, -0.25) is 4.99 Å². The fraction of sp³-hybridized carbons (Fsp3) is 0.562. The predicted octanol–water partition coefficient (Wildman–Crippen LogP) is 3.27. The zero-order valence-electron chi connectivity index (χ0n) is 14.6. The van der Waals surface area contributed by atoms with E-state index in [2.05, 4.69) is 51.7 Å². The second kappa shape index (κ2) is 9.27. The van der Waals surface area contributed by atoms with Gasteiger partial charge < -0.3 is 20.1 Å². The molecule has 5 nitrogen and oxygen atoms in total. The van der Waals surface area contributed by atoms with Gasteiger partial charge in [-0.1, -0.05) is 15.9 Å². The Morgan fingerprint density at radius 2 is 1.83 bits per heavy atom. The van der Waals surface area contributed by atoms with Crippen molar-refractivity contribution in [2.24, 2.45) is 4.99 Å². The van der Waals surface area contributed by atoms with Crippen LogP contribution in [0.1, 0.15) is 19.4 Å². The molecule has 7 heteroatoms. The molecule has 0 saturated heterocycles. The van der Waals surface area contributed by atoms with Crippen LogP contribution in [0, 0.1) is 0 Å². The van der Waals surface area contributed by atoms with Crippen LogP contribution in [-0.2, 0) is 6.54 Å². The molecule has 0 fully saturated rings. The fourth-order valence-electron chi connectivity index (χ4n) is 1.80. The summed E-state index contributed by atoms with van der Waals surface area (Å²) >= 11 is 5.39. The SMILES string of the molecule is CN=C(NCc1cc(OC)c(OC)cc1Br)NCC(C)(C)SC. The van der Waals surface area contributed by atoms with E-state index in [9.17, 15) is 0 Å². The molecule has 0 aromatic heterocycles. The standard InChI is InChI=1S/C16H26BrN3O2S/c1-16(2,23-6)10-20-15(18-3)19-9-11-7-13(21-4)14(22-5)8-12(11)17/h7-8H,9-10H2,1-6H3,(H2,18,19,20). The Morgan fingerprint density at radius 3 is 2.35 bits per heavy atom. The van der Waals surface area contributed by atoms with Gasteiger partial charge in [0.15, 0.2) is 17.5 Å². The number of benzene rings is 1. The van der Waals surface area contributed by atoms with Crippen molar-refractivity contribution in [2.45, 2.75) is 25.1 Å². The summed E-state index contributed by atoms with van der Waals surface area (Å²) in [6.45, 7) is 5.85. The zero-order chi connectivity index (χ0) is 17.5. The van der Waals surface area contributed by atoms with Crippen LogP contribution in [0.5, 0.6) is 11.5 Å². The Hall–Kier alpha value is -1.08. The summed E-state index contributed by atoms with van der Waals surface area (Å²) < 4.78 is 11.8. The van der Waals surface area contributed by atoms with E-state index in [1.54, 1.807) is 21.3 Å². The van der Waals surface area contributed by atoms with E-state index >= 15 is 0 Å². The Labute approximate surface area is 151 Å². The Balaban J connectivity index is 2.73. The molecular formula is C16H26BrN3O2S. The van der Waals surface area contributed by atoms with Gasteiger partial charge in [-0.25, -0.2) is 0 Å². The van der Waals surface area contributed by atoms with Crippen molar-refractivity contribution in [3.8, 4) is 11.5 Å². The van der Waals surface area contributed by atoms with Gasteiger partial charge in [0.25, 0.3) is 0 Å². The number of methoxy groups -OCH3 is 2. The number of hydrogen-bond acceptors (Lipinski definition) is 4. The number of ether oxygens (including phenoxy) is 2. The molecule has 1 rings (SSSR count). The molecule has 0 aliphatic carbocycles. The lowest BCUT2D eigenvalue weighted by Crippen LogP contribution is -2.43. The van der Waals surface area contributed by atoms with Gasteiger partial charge in [0, 0.05) is 29.4 Å². The van der Waals surface area contributed by atoms with E-state index < -0.39 is 0 Å². The van der Waals surface area contributed by atoms with Crippen molar-refractivity contribution >= 4 is 33.7 Å². The second-order valence-electron chi connectivity index (χ2n) is 5.54. The normalized spacial score (nSPS) is 12.0. The first-order valence-electron chi connectivity index (χ1n) is 7.27. The van der Waals surface area contributed by atoms with Gasteiger partial charge in [-0.05, 0) is 37.8 Å². The smallest absolute Gasteiger partial charge is 0.191 e. The summed E-state index contributed by atoms with van der Waals surface area (Å²) in [6.07, 6.45) is 2.11. The van der Waals surface area contributed by atoms with Crippen LogP contribution in [0.25, 0.3) is 0 Å². The van der Waals surface area contributed by atoms with E-state index in [0.29, 0.717) is 18.0 Å². The highest BCUT2D eigenvalue weighted by atomic mass is 79.9. The molecule has 0 heterocycles. The molecule has 0 saturated carbocycles. The number of aliphatic imine (C=N–C) groups is 1. The third-order valence-corrected chi connectivity index (χ3v) is 5.44. The maximum Gasteiger partial charge on any atom is 0.191 e. The summed E-state index contributed by atoms with van der Waals surface area (Å²) in [5, 5.41) is 6.66. The van der Waals surface area contributed by atoms with Gasteiger partial charge in [0.1, 0.15) is 0 Å². The van der Waals surface area contributed by atoms with E-state index in [0.717, 1.165) is 22.5 Å². The first kappa shape index (κ1) is 20.0. The first-order valence-corrected chi connectivity index (χ1v) is 9.28. The molecule has 130 valence electrons. The van der Waals surface area contributed by atoms with Crippen molar-refractivity contribution in [3.05, 3.63) is 22.2 Å². The molecule has 1 aromatic rings. The summed E-state index contributed by atoms with van der Waals surface area (Å²) in [4.78, 5) is 4.26. The highest BCUT2D eigenvalue weighted by molar-refractivity contribution is 9.10. The summed E-state index contributed by atoms with van der Waals surface area (Å²) in [5.41, 5.74) is 1.06. The van der Waals surface area contributed by atoms with E-state index in [1.807, 2.05) is 23.9 Å². The quantitative estimate of drug-likeness (QED) is 0.540. The van der Waals surface area contributed by atoms with E-state index in [-0.39, 0.29) is 4.75 Å². The van der Waals surface area contributed by atoms with Gasteiger partial charge in [-0.15, -0.1) is 0 Å². The fourth-order valence-corrected chi connectivity index (χ4v) is 2.48. The van der Waals surface area contributed by atoms with Crippen LogP contribution in [0.2, 0.25) is 0 Å². The number of thioether (sulfide) groups is 1. The third-order valence-electron chi connectivity index (χ3n) is 3.46.